The van der Waals surface area contributed by atoms with Gasteiger partial charge in [0.2, 0.25) is 0 Å². The number of benzene rings is 3. The van der Waals surface area contributed by atoms with Crippen molar-refractivity contribution in [2.45, 2.75) is 19.6 Å². The lowest BCUT2D eigenvalue weighted by Crippen LogP contribution is -2.24. The highest BCUT2D eigenvalue weighted by molar-refractivity contribution is 6.39. The van der Waals surface area contributed by atoms with E-state index in [9.17, 15) is 32.7 Å². The van der Waals surface area contributed by atoms with Crippen LogP contribution in [-0.2, 0) is 27.0 Å². The second-order valence-corrected chi connectivity index (χ2v) is 8.94. The van der Waals surface area contributed by atoms with Crippen LogP contribution in [0.25, 0.3) is 0 Å². The van der Waals surface area contributed by atoms with Gasteiger partial charge in [0.25, 0.3) is 5.91 Å². The summed E-state index contributed by atoms with van der Waals surface area (Å²) in [6, 6.07) is 9.35. The van der Waals surface area contributed by atoms with Crippen molar-refractivity contribution in [2.75, 3.05) is 11.9 Å². The molecule has 0 saturated heterocycles. The Morgan fingerprint density at radius 2 is 1.62 bits per heavy atom. The van der Waals surface area contributed by atoms with Gasteiger partial charge in [-0.15, -0.1) is 0 Å². The number of rotatable bonds is 7. The number of phenolic OH excluding ortho intramolecular Hbond substituents is 1. The number of amides is 2. The van der Waals surface area contributed by atoms with Crippen molar-refractivity contribution >= 4 is 58.3 Å². The van der Waals surface area contributed by atoms with Crippen LogP contribution in [0.15, 0.2) is 48.5 Å². The van der Waals surface area contributed by atoms with Crippen molar-refractivity contribution in [1.29, 1.82) is 0 Å². The maximum absolute atomic E-state index is 13.1. The van der Waals surface area contributed by atoms with Crippen molar-refractivity contribution in [3.63, 3.8) is 0 Å². The second-order valence-electron chi connectivity index (χ2n) is 7.72. The highest BCUT2D eigenvalue weighted by Crippen LogP contribution is 2.40. The Morgan fingerprint density at radius 3 is 2.23 bits per heavy atom. The largest absolute Gasteiger partial charge is 0.507 e. The number of nitrogens with one attached hydrogen (secondary N) is 2. The second kappa shape index (κ2) is 12.5. The van der Waals surface area contributed by atoms with Crippen LogP contribution in [0.3, 0.4) is 0 Å². The molecule has 14 heteroatoms. The quantitative estimate of drug-likeness (QED) is 0.207. The van der Waals surface area contributed by atoms with Crippen molar-refractivity contribution in [3.05, 3.63) is 80.3 Å². The van der Waals surface area contributed by atoms with Gasteiger partial charge in [-0.25, -0.2) is 4.79 Å². The normalized spacial score (nSPS) is 11.1. The summed E-state index contributed by atoms with van der Waals surface area (Å²) >= 11 is 18.1. The van der Waals surface area contributed by atoms with Gasteiger partial charge in [-0.3, -0.25) is 9.59 Å². The Balaban J connectivity index is 1.75. The zero-order valence-corrected chi connectivity index (χ0v) is 22.1. The molecule has 0 aliphatic heterocycles. The molecule has 0 unspecified atom stereocenters. The third-order valence-electron chi connectivity index (χ3n) is 4.94. The number of esters is 1. The van der Waals surface area contributed by atoms with E-state index < -0.39 is 40.3 Å². The van der Waals surface area contributed by atoms with Gasteiger partial charge in [0.1, 0.15) is 11.5 Å². The summed E-state index contributed by atoms with van der Waals surface area (Å²) in [4.78, 5) is 36.0. The minimum atomic E-state index is -4.67. The standard InChI is InChI=1S/C25H18Cl3F3N2O6/c1-2-38-24(37)23(36)33-13-8-18(27)21(19(28)9-13)39-14-4-6-20(34)15(10-14)22(35)32-11-12-3-5-17(26)16(7-12)25(29,30)31/h3-10,34H,2,11H2,1H3,(H,32,35)(H,33,36). The number of phenols is 1. The number of carbonyl (C=O) groups excluding carboxylic acids is 3. The van der Waals surface area contributed by atoms with E-state index in [2.05, 4.69) is 15.4 Å². The van der Waals surface area contributed by atoms with E-state index in [1.54, 1.807) is 0 Å². The third-order valence-corrected chi connectivity index (χ3v) is 5.83. The minimum Gasteiger partial charge on any atom is -0.507 e. The number of carbonyl (C=O) groups is 3. The van der Waals surface area contributed by atoms with E-state index >= 15 is 0 Å². The van der Waals surface area contributed by atoms with Crippen LogP contribution in [0.2, 0.25) is 15.1 Å². The first-order valence-corrected chi connectivity index (χ1v) is 12.0. The van der Waals surface area contributed by atoms with Crippen LogP contribution in [0.5, 0.6) is 17.2 Å². The smallest absolute Gasteiger partial charge is 0.417 e. The Labute approximate surface area is 234 Å². The highest BCUT2D eigenvalue weighted by atomic mass is 35.5. The fraction of sp³-hybridized carbons (Fsp3) is 0.160. The molecule has 0 atom stereocenters. The zero-order valence-electron chi connectivity index (χ0n) is 19.8. The van der Waals surface area contributed by atoms with Gasteiger partial charge in [0.15, 0.2) is 5.75 Å². The molecule has 206 valence electrons. The summed E-state index contributed by atoms with van der Waals surface area (Å²) in [5.41, 5.74) is -1.09. The van der Waals surface area contributed by atoms with Crippen LogP contribution in [0.4, 0.5) is 18.9 Å². The third kappa shape index (κ3) is 7.69. The van der Waals surface area contributed by atoms with Crippen LogP contribution >= 0.6 is 34.8 Å². The van der Waals surface area contributed by atoms with Crippen molar-refractivity contribution in [2.24, 2.45) is 0 Å². The van der Waals surface area contributed by atoms with Gasteiger partial charge in [-0.1, -0.05) is 40.9 Å². The van der Waals surface area contributed by atoms with Crippen LogP contribution < -0.4 is 15.4 Å². The molecule has 2 amide bonds. The maximum atomic E-state index is 13.1. The molecule has 0 aliphatic carbocycles. The van der Waals surface area contributed by atoms with E-state index in [0.717, 1.165) is 24.3 Å². The van der Waals surface area contributed by atoms with Crippen molar-refractivity contribution < 1.29 is 42.1 Å². The van der Waals surface area contributed by atoms with Gasteiger partial charge in [0.05, 0.1) is 32.8 Å². The lowest BCUT2D eigenvalue weighted by Gasteiger charge is -2.14. The molecule has 3 aromatic carbocycles. The monoisotopic (exact) mass is 604 g/mol. The molecule has 3 rings (SSSR count). The van der Waals surface area contributed by atoms with Crippen molar-refractivity contribution in [3.8, 4) is 17.2 Å². The molecule has 8 nitrogen and oxygen atoms in total. The molecule has 0 radical (unpaired) electrons. The fourth-order valence-electron chi connectivity index (χ4n) is 3.16. The first kappa shape index (κ1) is 29.9. The average Bonchev–Trinajstić information content (AvgIpc) is 2.86. The number of alkyl halides is 3. The fourth-order valence-corrected chi connectivity index (χ4v) is 3.95. The zero-order chi connectivity index (χ0) is 28.9. The highest BCUT2D eigenvalue weighted by Gasteiger charge is 2.33. The lowest BCUT2D eigenvalue weighted by atomic mass is 10.1. The predicted octanol–water partition coefficient (Wildman–Crippen LogP) is 6.60. The number of hydrogen-bond donors (Lipinski definition) is 3. The average molecular weight is 606 g/mol. The Kier molecular flexibility index (Phi) is 9.54. The molecular formula is C25H18Cl3F3N2O6. The minimum absolute atomic E-state index is 0.00724. The summed E-state index contributed by atoms with van der Waals surface area (Å²) in [5, 5.41) is 14.2. The topological polar surface area (TPSA) is 114 Å². The molecule has 0 saturated carbocycles. The van der Waals surface area contributed by atoms with E-state index in [-0.39, 0.29) is 51.5 Å². The number of ether oxygens (including phenoxy) is 2. The summed E-state index contributed by atoms with van der Waals surface area (Å²) in [7, 11) is 0. The molecule has 0 aromatic heterocycles. The number of hydrogen-bond acceptors (Lipinski definition) is 6. The number of halogens is 6. The van der Waals surface area contributed by atoms with Crippen LogP contribution in [-0.4, -0.2) is 29.5 Å². The predicted molar refractivity (Wildman–Crippen MR) is 138 cm³/mol. The SMILES string of the molecule is CCOC(=O)C(=O)Nc1cc(Cl)c(Oc2ccc(O)c(C(=O)NCc3ccc(Cl)c(C(F)(F)F)c3)c2)c(Cl)c1. The number of anilines is 1. The molecule has 3 N–H and O–H groups in total. The molecule has 0 aliphatic rings. The maximum Gasteiger partial charge on any atom is 0.417 e. The summed E-state index contributed by atoms with van der Waals surface area (Å²) in [5.74, 6) is -3.42. The summed E-state index contributed by atoms with van der Waals surface area (Å²) in [6.07, 6.45) is -4.67. The molecule has 39 heavy (non-hydrogen) atoms. The van der Waals surface area contributed by atoms with Gasteiger partial charge in [0, 0.05) is 12.2 Å². The Morgan fingerprint density at radius 1 is 0.949 bits per heavy atom. The lowest BCUT2D eigenvalue weighted by molar-refractivity contribution is -0.152. The van der Waals surface area contributed by atoms with Gasteiger partial charge in [-0.2, -0.15) is 13.2 Å². The molecule has 0 spiro atoms. The van der Waals surface area contributed by atoms with E-state index in [1.165, 1.54) is 31.2 Å². The molecule has 0 heterocycles. The Bertz CT molecular complexity index is 1410. The first-order valence-electron chi connectivity index (χ1n) is 10.9. The van der Waals surface area contributed by atoms with E-state index in [4.69, 9.17) is 39.5 Å². The first-order chi connectivity index (χ1) is 18.3. The molecule has 0 bridgehead atoms. The van der Waals surface area contributed by atoms with Gasteiger partial charge < -0.3 is 25.2 Å². The number of aromatic hydroxyl groups is 1. The van der Waals surface area contributed by atoms with Crippen molar-refractivity contribution in [1.82, 2.24) is 5.32 Å². The summed E-state index contributed by atoms with van der Waals surface area (Å²) in [6.45, 7) is 1.25. The van der Waals surface area contributed by atoms with Crippen LogP contribution in [0, 0.1) is 0 Å². The molecular weight excluding hydrogens is 588 g/mol. The van der Waals surface area contributed by atoms with Gasteiger partial charge >= 0.3 is 18.1 Å². The Hall–Kier alpha value is -3.67. The molecule has 3 aromatic rings. The molecule has 0 fully saturated rings. The van der Waals surface area contributed by atoms with E-state index in [1.807, 2.05) is 0 Å². The van der Waals surface area contributed by atoms with Crippen LogP contribution in [0.1, 0.15) is 28.4 Å². The summed E-state index contributed by atoms with van der Waals surface area (Å²) < 4.78 is 49.5. The van der Waals surface area contributed by atoms with Gasteiger partial charge in [-0.05, 0) is 55.0 Å². The van der Waals surface area contributed by atoms with E-state index in [0.29, 0.717) is 0 Å².